The van der Waals surface area contributed by atoms with Crippen molar-refractivity contribution in [2.75, 3.05) is 17.7 Å². The molecule has 2 rings (SSSR count). The lowest BCUT2D eigenvalue weighted by molar-refractivity contribution is 0.102. The third-order valence-electron chi connectivity index (χ3n) is 2.10. The predicted octanol–water partition coefficient (Wildman–Crippen LogP) is 1.72. The fourth-order valence-electron chi connectivity index (χ4n) is 1.26. The molecule has 2 N–H and O–H groups in total. The van der Waals surface area contributed by atoms with E-state index in [2.05, 4.69) is 25.8 Å². The van der Waals surface area contributed by atoms with Crippen LogP contribution in [0.1, 0.15) is 16.2 Å². The molecule has 0 spiro atoms. The van der Waals surface area contributed by atoms with E-state index in [0.29, 0.717) is 11.7 Å². The number of aryl methyl sites for hydroxylation is 1. The summed E-state index contributed by atoms with van der Waals surface area (Å²) in [5.41, 5.74) is 0.270. The van der Waals surface area contributed by atoms with Crippen molar-refractivity contribution in [2.24, 2.45) is 0 Å². The van der Waals surface area contributed by atoms with Crippen LogP contribution in [0.4, 0.5) is 11.8 Å². The van der Waals surface area contributed by atoms with Gasteiger partial charge in [-0.05, 0) is 6.07 Å². The summed E-state index contributed by atoms with van der Waals surface area (Å²) in [6, 6.07) is 1.55. The highest BCUT2D eigenvalue weighted by molar-refractivity contribution is 6.34. The fraction of sp³-hybridized carbons (Fsp3) is 0.200. The average Bonchev–Trinajstić information content (AvgIpc) is 2.75. The second-order valence-electron chi connectivity index (χ2n) is 3.38. The number of aromatic nitrogens is 3. The number of amides is 1. The molecule has 2 aromatic heterocycles. The molecule has 8 heteroatoms. The van der Waals surface area contributed by atoms with Gasteiger partial charge in [-0.15, -0.1) is 5.10 Å². The van der Waals surface area contributed by atoms with Gasteiger partial charge in [-0.25, -0.2) is 4.98 Å². The Hall–Kier alpha value is -2.15. The van der Waals surface area contributed by atoms with Gasteiger partial charge in [0.2, 0.25) is 5.89 Å². The molecule has 0 atom stereocenters. The highest BCUT2D eigenvalue weighted by atomic mass is 35.5. The zero-order valence-electron chi connectivity index (χ0n) is 9.69. The van der Waals surface area contributed by atoms with Crippen molar-refractivity contribution in [3.8, 4) is 0 Å². The molecule has 0 aliphatic heterocycles. The number of pyridine rings is 1. The topological polar surface area (TPSA) is 92.9 Å². The summed E-state index contributed by atoms with van der Waals surface area (Å²) in [4.78, 5) is 15.9. The van der Waals surface area contributed by atoms with Crippen LogP contribution in [-0.4, -0.2) is 28.1 Å². The van der Waals surface area contributed by atoms with Gasteiger partial charge < -0.3 is 9.73 Å². The van der Waals surface area contributed by atoms with Gasteiger partial charge in [-0.3, -0.25) is 10.1 Å². The lowest BCUT2D eigenvalue weighted by atomic mass is 10.2. The molecular formula is C10H10ClN5O2. The summed E-state index contributed by atoms with van der Waals surface area (Å²) < 4.78 is 5.04. The molecule has 0 radical (unpaired) electrons. The number of anilines is 2. The summed E-state index contributed by atoms with van der Waals surface area (Å²) >= 11 is 5.90. The van der Waals surface area contributed by atoms with E-state index in [-0.39, 0.29) is 16.6 Å². The van der Waals surface area contributed by atoms with Gasteiger partial charge in [0.15, 0.2) is 0 Å². The molecule has 0 fully saturated rings. The van der Waals surface area contributed by atoms with Crippen LogP contribution in [0.3, 0.4) is 0 Å². The predicted molar refractivity (Wildman–Crippen MR) is 65.8 cm³/mol. The van der Waals surface area contributed by atoms with E-state index in [1.54, 1.807) is 14.0 Å². The van der Waals surface area contributed by atoms with Gasteiger partial charge >= 0.3 is 6.01 Å². The first-order valence-corrected chi connectivity index (χ1v) is 5.42. The van der Waals surface area contributed by atoms with Crippen LogP contribution in [0.2, 0.25) is 5.02 Å². The molecule has 0 saturated carbocycles. The molecule has 0 aliphatic rings. The normalized spacial score (nSPS) is 10.2. The molecule has 2 heterocycles. The van der Waals surface area contributed by atoms with Crippen LogP contribution in [0, 0.1) is 6.92 Å². The number of hydrogen-bond donors (Lipinski definition) is 2. The molecule has 7 nitrogen and oxygen atoms in total. The quantitative estimate of drug-likeness (QED) is 0.879. The average molecular weight is 268 g/mol. The lowest BCUT2D eigenvalue weighted by Crippen LogP contribution is -2.13. The maximum absolute atomic E-state index is 11.9. The van der Waals surface area contributed by atoms with Crippen LogP contribution in [-0.2, 0) is 0 Å². The smallest absolute Gasteiger partial charge is 0.322 e. The van der Waals surface area contributed by atoms with Gasteiger partial charge in [0.25, 0.3) is 5.91 Å². The number of nitrogens with one attached hydrogen (secondary N) is 2. The van der Waals surface area contributed by atoms with E-state index in [1.165, 1.54) is 12.3 Å². The second-order valence-corrected chi connectivity index (χ2v) is 3.79. The molecule has 94 valence electrons. The number of nitrogens with zero attached hydrogens (tertiary/aromatic N) is 3. The minimum Gasteiger partial charge on any atom is -0.408 e. The first-order chi connectivity index (χ1) is 8.60. The van der Waals surface area contributed by atoms with Gasteiger partial charge in [-0.1, -0.05) is 16.7 Å². The first-order valence-electron chi connectivity index (χ1n) is 5.05. The monoisotopic (exact) mass is 267 g/mol. The molecule has 0 unspecified atom stereocenters. The Balaban J connectivity index is 2.23. The minimum atomic E-state index is -0.442. The van der Waals surface area contributed by atoms with Gasteiger partial charge in [-0.2, -0.15) is 0 Å². The van der Waals surface area contributed by atoms with Crippen molar-refractivity contribution in [1.29, 1.82) is 0 Å². The largest absolute Gasteiger partial charge is 0.408 e. The summed E-state index contributed by atoms with van der Waals surface area (Å²) in [5, 5.41) is 12.8. The molecule has 0 aliphatic carbocycles. The zero-order valence-corrected chi connectivity index (χ0v) is 10.4. The third kappa shape index (κ3) is 2.57. The SMILES string of the molecule is CNc1cc(C(=O)Nc2nnc(C)o2)c(Cl)cn1. The third-order valence-corrected chi connectivity index (χ3v) is 2.40. The number of rotatable bonds is 3. The number of carbonyl (C=O) groups is 1. The van der Waals surface area contributed by atoms with E-state index >= 15 is 0 Å². The minimum absolute atomic E-state index is 0.0244. The van der Waals surface area contributed by atoms with Crippen LogP contribution >= 0.6 is 11.6 Å². The number of carbonyl (C=O) groups excluding carboxylic acids is 1. The lowest BCUT2D eigenvalue weighted by Gasteiger charge is -2.05. The molecule has 0 saturated heterocycles. The molecule has 0 bridgehead atoms. The van der Waals surface area contributed by atoms with Crippen LogP contribution in [0.15, 0.2) is 16.7 Å². The number of halogens is 1. The van der Waals surface area contributed by atoms with E-state index in [4.69, 9.17) is 16.0 Å². The highest BCUT2D eigenvalue weighted by Gasteiger charge is 2.14. The Morgan fingerprint density at radius 2 is 2.22 bits per heavy atom. The standard InChI is InChI=1S/C10H10ClN5O2/c1-5-15-16-10(18-5)14-9(17)6-3-8(12-2)13-4-7(6)11/h3-4H,1-2H3,(H,12,13)(H,14,16,17). The Bertz CT molecular complexity index is 583. The Kier molecular flexibility index (Phi) is 3.42. The summed E-state index contributed by atoms with van der Waals surface area (Å²) in [6.45, 7) is 1.63. The molecule has 1 amide bonds. The van der Waals surface area contributed by atoms with Crippen molar-refractivity contribution in [1.82, 2.24) is 15.2 Å². The maximum atomic E-state index is 11.9. The molecule has 2 aromatic rings. The van der Waals surface area contributed by atoms with Crippen molar-refractivity contribution in [3.05, 3.63) is 28.7 Å². The molecule has 0 aromatic carbocycles. The highest BCUT2D eigenvalue weighted by Crippen LogP contribution is 2.19. The molecular weight excluding hydrogens is 258 g/mol. The van der Waals surface area contributed by atoms with E-state index < -0.39 is 5.91 Å². The van der Waals surface area contributed by atoms with E-state index in [1.807, 2.05) is 0 Å². The fourth-order valence-corrected chi connectivity index (χ4v) is 1.45. The van der Waals surface area contributed by atoms with Crippen molar-refractivity contribution < 1.29 is 9.21 Å². The van der Waals surface area contributed by atoms with Crippen LogP contribution in [0.5, 0.6) is 0 Å². The van der Waals surface area contributed by atoms with Crippen molar-refractivity contribution in [2.45, 2.75) is 6.92 Å². The Morgan fingerprint density at radius 3 is 2.83 bits per heavy atom. The second kappa shape index (κ2) is 5.01. The van der Waals surface area contributed by atoms with E-state index in [0.717, 1.165) is 0 Å². The summed E-state index contributed by atoms with van der Waals surface area (Å²) in [7, 11) is 1.69. The summed E-state index contributed by atoms with van der Waals surface area (Å²) in [5.74, 6) is 0.454. The zero-order chi connectivity index (χ0) is 13.1. The van der Waals surface area contributed by atoms with Gasteiger partial charge in [0.05, 0.1) is 10.6 Å². The van der Waals surface area contributed by atoms with E-state index in [9.17, 15) is 4.79 Å². The van der Waals surface area contributed by atoms with Crippen LogP contribution in [0.25, 0.3) is 0 Å². The van der Waals surface area contributed by atoms with Crippen molar-refractivity contribution >= 4 is 29.3 Å². The Morgan fingerprint density at radius 1 is 1.44 bits per heavy atom. The van der Waals surface area contributed by atoms with Gasteiger partial charge in [0.1, 0.15) is 5.82 Å². The first kappa shape index (κ1) is 12.3. The Labute approximate surface area is 108 Å². The van der Waals surface area contributed by atoms with Crippen LogP contribution < -0.4 is 10.6 Å². The number of hydrogen-bond acceptors (Lipinski definition) is 6. The molecule has 18 heavy (non-hydrogen) atoms. The maximum Gasteiger partial charge on any atom is 0.322 e. The van der Waals surface area contributed by atoms with Gasteiger partial charge in [0, 0.05) is 20.2 Å². The summed E-state index contributed by atoms with van der Waals surface area (Å²) in [6.07, 6.45) is 1.39. The van der Waals surface area contributed by atoms with Crippen molar-refractivity contribution in [3.63, 3.8) is 0 Å².